The lowest BCUT2D eigenvalue weighted by Crippen LogP contribution is -2.25. The molecule has 0 saturated heterocycles. The first-order chi connectivity index (χ1) is 10.8. The topological polar surface area (TPSA) is 83.6 Å². The normalized spacial score (nSPS) is 10.4. The van der Waals surface area contributed by atoms with Gasteiger partial charge in [0, 0.05) is 0 Å². The van der Waals surface area contributed by atoms with Crippen LogP contribution in [0, 0.1) is 0 Å². The van der Waals surface area contributed by atoms with Crippen molar-refractivity contribution in [3.05, 3.63) is 66.0 Å². The van der Waals surface area contributed by atoms with Crippen LogP contribution in [0.25, 0.3) is 11.1 Å². The van der Waals surface area contributed by atoms with Gasteiger partial charge in [0.05, 0.1) is 13.0 Å². The Labute approximate surface area is 127 Å². The van der Waals surface area contributed by atoms with Crippen LogP contribution in [0.2, 0.25) is 0 Å². The fourth-order valence-corrected chi connectivity index (χ4v) is 2.13. The summed E-state index contributed by atoms with van der Waals surface area (Å²) in [5.74, 6) is 0.394. The molecule has 3 aromatic rings. The number of nitrogens with one attached hydrogen (secondary N) is 2. The van der Waals surface area contributed by atoms with Crippen LogP contribution < -0.4 is 5.32 Å². The zero-order chi connectivity index (χ0) is 15.2. The van der Waals surface area contributed by atoms with E-state index in [0.29, 0.717) is 12.2 Å². The van der Waals surface area contributed by atoms with Crippen molar-refractivity contribution >= 4 is 5.91 Å². The summed E-state index contributed by atoms with van der Waals surface area (Å²) >= 11 is 0. The van der Waals surface area contributed by atoms with E-state index in [1.54, 1.807) is 0 Å². The van der Waals surface area contributed by atoms with E-state index in [-0.39, 0.29) is 12.5 Å². The molecular formula is C16H15N5O. The second kappa shape index (κ2) is 6.62. The summed E-state index contributed by atoms with van der Waals surface area (Å²) in [7, 11) is 0. The number of rotatable bonds is 5. The number of tetrazole rings is 1. The van der Waals surface area contributed by atoms with Crippen molar-refractivity contribution in [2.75, 3.05) is 0 Å². The number of nitrogens with zero attached hydrogens (tertiary/aromatic N) is 3. The number of aromatic amines is 1. The molecule has 0 bridgehead atoms. The maximum atomic E-state index is 11.9. The average Bonchev–Trinajstić information content (AvgIpc) is 3.08. The molecular weight excluding hydrogens is 278 g/mol. The highest BCUT2D eigenvalue weighted by Gasteiger charge is 2.05. The molecule has 1 amide bonds. The van der Waals surface area contributed by atoms with E-state index in [0.717, 1.165) is 16.7 Å². The molecule has 0 unspecified atom stereocenters. The molecule has 6 nitrogen and oxygen atoms in total. The first-order valence-electron chi connectivity index (χ1n) is 6.94. The number of carbonyl (C=O) groups excluding carboxylic acids is 1. The molecule has 0 aliphatic rings. The SMILES string of the molecule is O=C(Cc1ccc(-c2ccccc2)cc1)NCc1nn[nH]n1. The van der Waals surface area contributed by atoms with E-state index < -0.39 is 0 Å². The van der Waals surface area contributed by atoms with Gasteiger partial charge < -0.3 is 5.32 Å². The number of carbonyl (C=O) groups is 1. The summed E-state index contributed by atoms with van der Waals surface area (Å²) < 4.78 is 0. The Bertz CT molecular complexity index is 723. The second-order valence-electron chi connectivity index (χ2n) is 4.84. The van der Waals surface area contributed by atoms with Gasteiger partial charge in [0.2, 0.25) is 5.91 Å². The van der Waals surface area contributed by atoms with Crippen LogP contribution in [0.4, 0.5) is 0 Å². The predicted molar refractivity (Wildman–Crippen MR) is 81.6 cm³/mol. The summed E-state index contributed by atoms with van der Waals surface area (Å²) in [6.45, 7) is 0.275. The quantitative estimate of drug-likeness (QED) is 0.750. The Morgan fingerprint density at radius 3 is 2.41 bits per heavy atom. The van der Waals surface area contributed by atoms with Crippen LogP contribution in [-0.4, -0.2) is 26.5 Å². The van der Waals surface area contributed by atoms with Crippen molar-refractivity contribution < 1.29 is 4.79 Å². The highest BCUT2D eigenvalue weighted by Crippen LogP contribution is 2.19. The van der Waals surface area contributed by atoms with Crippen molar-refractivity contribution in [1.29, 1.82) is 0 Å². The third-order valence-corrected chi connectivity index (χ3v) is 3.26. The minimum absolute atomic E-state index is 0.0720. The van der Waals surface area contributed by atoms with Crippen molar-refractivity contribution in [2.24, 2.45) is 0 Å². The van der Waals surface area contributed by atoms with Crippen molar-refractivity contribution in [3.8, 4) is 11.1 Å². The molecule has 0 aliphatic heterocycles. The molecule has 0 radical (unpaired) electrons. The van der Waals surface area contributed by atoms with Gasteiger partial charge in [-0.25, -0.2) is 0 Å². The lowest BCUT2D eigenvalue weighted by atomic mass is 10.0. The van der Waals surface area contributed by atoms with Crippen LogP contribution in [0.15, 0.2) is 54.6 Å². The van der Waals surface area contributed by atoms with Gasteiger partial charge in [-0.3, -0.25) is 4.79 Å². The van der Waals surface area contributed by atoms with E-state index >= 15 is 0 Å². The zero-order valence-electron chi connectivity index (χ0n) is 11.9. The Hall–Kier alpha value is -3.02. The van der Waals surface area contributed by atoms with Crippen LogP contribution in [0.1, 0.15) is 11.4 Å². The Balaban J connectivity index is 1.58. The van der Waals surface area contributed by atoms with E-state index in [4.69, 9.17) is 0 Å². The maximum absolute atomic E-state index is 11.9. The minimum Gasteiger partial charge on any atom is -0.348 e. The van der Waals surface area contributed by atoms with E-state index in [1.165, 1.54) is 0 Å². The molecule has 0 atom stereocenters. The number of hydrogen-bond acceptors (Lipinski definition) is 4. The summed E-state index contributed by atoms with van der Waals surface area (Å²) in [6.07, 6.45) is 0.326. The number of aromatic nitrogens is 4. The van der Waals surface area contributed by atoms with Crippen LogP contribution in [0.3, 0.4) is 0 Å². The predicted octanol–water partition coefficient (Wildman–Crippen LogP) is 1.73. The third kappa shape index (κ3) is 3.54. The molecule has 6 heteroatoms. The van der Waals surface area contributed by atoms with E-state index in [1.807, 2.05) is 42.5 Å². The fraction of sp³-hybridized carbons (Fsp3) is 0.125. The van der Waals surface area contributed by atoms with Gasteiger partial charge in [0.1, 0.15) is 0 Å². The number of benzene rings is 2. The van der Waals surface area contributed by atoms with Gasteiger partial charge in [-0.2, -0.15) is 5.21 Å². The third-order valence-electron chi connectivity index (χ3n) is 3.26. The monoisotopic (exact) mass is 293 g/mol. The number of amides is 1. The second-order valence-corrected chi connectivity index (χ2v) is 4.84. The van der Waals surface area contributed by atoms with Crippen LogP contribution in [0.5, 0.6) is 0 Å². The molecule has 0 fully saturated rings. The molecule has 2 aromatic carbocycles. The van der Waals surface area contributed by atoms with Gasteiger partial charge in [-0.05, 0) is 16.7 Å². The number of H-pyrrole nitrogens is 1. The fourth-order valence-electron chi connectivity index (χ4n) is 2.13. The van der Waals surface area contributed by atoms with Crippen molar-refractivity contribution in [3.63, 3.8) is 0 Å². The highest BCUT2D eigenvalue weighted by molar-refractivity contribution is 5.78. The standard InChI is InChI=1S/C16H15N5O/c22-16(17-11-15-18-20-21-19-15)10-12-6-8-14(9-7-12)13-4-2-1-3-5-13/h1-9H,10-11H2,(H,17,22)(H,18,19,20,21). The lowest BCUT2D eigenvalue weighted by Gasteiger charge is -2.05. The maximum Gasteiger partial charge on any atom is 0.224 e. The van der Waals surface area contributed by atoms with Gasteiger partial charge >= 0.3 is 0 Å². The van der Waals surface area contributed by atoms with E-state index in [9.17, 15) is 4.79 Å². The summed E-state index contributed by atoms with van der Waals surface area (Å²) in [4.78, 5) is 11.9. The molecule has 0 spiro atoms. The van der Waals surface area contributed by atoms with Gasteiger partial charge in [-0.15, -0.1) is 10.2 Å². The van der Waals surface area contributed by atoms with Crippen LogP contribution >= 0.6 is 0 Å². The zero-order valence-corrected chi connectivity index (χ0v) is 11.9. The molecule has 1 aromatic heterocycles. The molecule has 3 rings (SSSR count). The molecule has 0 saturated carbocycles. The molecule has 22 heavy (non-hydrogen) atoms. The average molecular weight is 293 g/mol. The minimum atomic E-state index is -0.0720. The van der Waals surface area contributed by atoms with Gasteiger partial charge in [0.25, 0.3) is 0 Å². The molecule has 110 valence electrons. The molecule has 2 N–H and O–H groups in total. The highest BCUT2D eigenvalue weighted by atomic mass is 16.1. The van der Waals surface area contributed by atoms with Gasteiger partial charge in [-0.1, -0.05) is 59.8 Å². The molecule has 0 aliphatic carbocycles. The Morgan fingerprint density at radius 2 is 1.73 bits per heavy atom. The first kappa shape index (κ1) is 13.9. The molecule has 1 heterocycles. The summed E-state index contributed by atoms with van der Waals surface area (Å²) in [5.41, 5.74) is 3.26. The lowest BCUT2D eigenvalue weighted by molar-refractivity contribution is -0.120. The van der Waals surface area contributed by atoms with Crippen LogP contribution in [-0.2, 0) is 17.8 Å². The van der Waals surface area contributed by atoms with Crippen molar-refractivity contribution in [2.45, 2.75) is 13.0 Å². The summed E-state index contributed by atoms with van der Waals surface area (Å²) in [5, 5.41) is 16.1. The smallest absolute Gasteiger partial charge is 0.224 e. The Morgan fingerprint density at radius 1 is 1.00 bits per heavy atom. The first-order valence-corrected chi connectivity index (χ1v) is 6.94. The van der Waals surface area contributed by atoms with E-state index in [2.05, 4.69) is 38.1 Å². The summed E-state index contributed by atoms with van der Waals surface area (Å²) in [6, 6.07) is 18.1. The number of hydrogen-bond donors (Lipinski definition) is 2. The Kier molecular flexibility index (Phi) is 4.20. The van der Waals surface area contributed by atoms with Crippen molar-refractivity contribution in [1.82, 2.24) is 25.9 Å². The largest absolute Gasteiger partial charge is 0.348 e. The van der Waals surface area contributed by atoms with Gasteiger partial charge in [0.15, 0.2) is 5.82 Å².